The average Bonchev–Trinajstić information content (AvgIpc) is 3.27. The molecule has 0 radical (unpaired) electrons. The molecule has 150 valence electrons. The fourth-order valence-electron chi connectivity index (χ4n) is 3.88. The molecular formula is C22H25N5O2. The number of hydrogen-bond acceptors (Lipinski definition) is 4. The van der Waals surface area contributed by atoms with Crippen molar-refractivity contribution in [3.05, 3.63) is 60.0 Å². The summed E-state index contributed by atoms with van der Waals surface area (Å²) in [6.07, 6.45) is 3.56. The normalized spacial score (nSPS) is 16.7. The molecule has 4 rings (SSSR count). The third-order valence-corrected chi connectivity index (χ3v) is 5.41. The topological polar surface area (TPSA) is 88.4 Å². The number of hydrogen-bond donors (Lipinski definition) is 2. The van der Waals surface area contributed by atoms with Gasteiger partial charge in [0.15, 0.2) is 11.5 Å². The number of aromatic nitrogens is 3. The maximum Gasteiger partial charge on any atom is 0.232 e. The number of para-hydroxylation sites is 1. The number of nitrogens with zero attached hydrogens (tertiary/aromatic N) is 3. The Kier molecular flexibility index (Phi) is 5.29. The van der Waals surface area contributed by atoms with Crippen LogP contribution in [-0.2, 0) is 9.59 Å². The zero-order valence-electron chi connectivity index (χ0n) is 16.6. The van der Waals surface area contributed by atoms with Crippen LogP contribution in [0.4, 0.5) is 5.69 Å². The van der Waals surface area contributed by atoms with Crippen LogP contribution in [0.1, 0.15) is 56.5 Å². The highest BCUT2D eigenvalue weighted by Gasteiger charge is 2.30. The molecule has 0 unspecified atom stereocenters. The van der Waals surface area contributed by atoms with E-state index in [0.717, 1.165) is 22.7 Å². The average molecular weight is 391 g/mol. The summed E-state index contributed by atoms with van der Waals surface area (Å²) < 4.78 is 1.91. The molecule has 2 N–H and O–H groups in total. The van der Waals surface area contributed by atoms with E-state index in [2.05, 4.69) is 34.7 Å². The van der Waals surface area contributed by atoms with Gasteiger partial charge in [0, 0.05) is 18.3 Å². The smallest absolute Gasteiger partial charge is 0.232 e. The summed E-state index contributed by atoms with van der Waals surface area (Å²) in [5.41, 5.74) is 2.66. The SMILES string of the molecule is CC(C)[C@@H](NC(=O)CCC[C@@H]1C(=O)Nc2ccccc21)c1nnc2ccccn12. The minimum atomic E-state index is -0.226. The molecule has 2 amide bonds. The molecule has 3 aromatic rings. The van der Waals surface area contributed by atoms with Crippen molar-refractivity contribution in [3.63, 3.8) is 0 Å². The second-order valence-electron chi connectivity index (χ2n) is 7.80. The van der Waals surface area contributed by atoms with Crippen LogP contribution in [-0.4, -0.2) is 26.4 Å². The number of benzene rings is 1. The minimum absolute atomic E-state index is 0.0154. The fraction of sp³-hybridized carbons (Fsp3) is 0.364. The summed E-state index contributed by atoms with van der Waals surface area (Å²) in [4.78, 5) is 24.8. The maximum atomic E-state index is 12.6. The third kappa shape index (κ3) is 3.85. The monoisotopic (exact) mass is 391 g/mol. The van der Waals surface area contributed by atoms with Crippen molar-refractivity contribution in [1.82, 2.24) is 19.9 Å². The minimum Gasteiger partial charge on any atom is -0.346 e. The molecule has 3 heterocycles. The Morgan fingerprint density at radius 3 is 2.79 bits per heavy atom. The Morgan fingerprint density at radius 1 is 1.17 bits per heavy atom. The van der Waals surface area contributed by atoms with Crippen LogP contribution in [0.5, 0.6) is 0 Å². The van der Waals surface area contributed by atoms with Crippen molar-refractivity contribution in [2.24, 2.45) is 5.92 Å². The van der Waals surface area contributed by atoms with Gasteiger partial charge in [-0.3, -0.25) is 14.0 Å². The molecule has 1 aliphatic rings. The predicted molar refractivity (Wildman–Crippen MR) is 110 cm³/mol. The van der Waals surface area contributed by atoms with Gasteiger partial charge in [-0.25, -0.2) is 0 Å². The van der Waals surface area contributed by atoms with E-state index in [0.29, 0.717) is 19.3 Å². The van der Waals surface area contributed by atoms with Gasteiger partial charge >= 0.3 is 0 Å². The van der Waals surface area contributed by atoms with Gasteiger partial charge in [-0.2, -0.15) is 0 Å². The molecule has 7 heteroatoms. The molecule has 1 aromatic carbocycles. The van der Waals surface area contributed by atoms with E-state index >= 15 is 0 Å². The van der Waals surface area contributed by atoms with Crippen molar-refractivity contribution < 1.29 is 9.59 Å². The summed E-state index contributed by atoms with van der Waals surface area (Å²) in [6.45, 7) is 4.10. The van der Waals surface area contributed by atoms with E-state index < -0.39 is 0 Å². The molecule has 0 saturated heterocycles. The second kappa shape index (κ2) is 8.03. The van der Waals surface area contributed by atoms with E-state index in [1.807, 2.05) is 53.1 Å². The molecule has 2 aromatic heterocycles. The number of pyridine rings is 1. The molecule has 29 heavy (non-hydrogen) atoms. The van der Waals surface area contributed by atoms with Crippen molar-refractivity contribution in [1.29, 1.82) is 0 Å². The van der Waals surface area contributed by atoms with Crippen molar-refractivity contribution in [2.45, 2.75) is 45.1 Å². The summed E-state index contributed by atoms with van der Waals surface area (Å²) in [6, 6.07) is 13.2. The summed E-state index contributed by atoms with van der Waals surface area (Å²) in [5.74, 6) is 0.692. The molecule has 0 aliphatic carbocycles. The first-order valence-corrected chi connectivity index (χ1v) is 10.0. The van der Waals surface area contributed by atoms with Gasteiger partial charge in [0.1, 0.15) is 0 Å². The quantitative estimate of drug-likeness (QED) is 0.646. The van der Waals surface area contributed by atoms with Crippen LogP contribution in [0.25, 0.3) is 5.65 Å². The number of carbonyl (C=O) groups excluding carboxylic acids is 2. The molecule has 0 saturated carbocycles. The van der Waals surface area contributed by atoms with Gasteiger partial charge in [-0.05, 0) is 42.5 Å². The van der Waals surface area contributed by atoms with E-state index in [9.17, 15) is 9.59 Å². The predicted octanol–water partition coefficient (Wildman–Crippen LogP) is 3.45. The van der Waals surface area contributed by atoms with Gasteiger partial charge in [-0.15, -0.1) is 10.2 Å². The van der Waals surface area contributed by atoms with Gasteiger partial charge < -0.3 is 10.6 Å². The lowest BCUT2D eigenvalue weighted by Crippen LogP contribution is -2.33. The summed E-state index contributed by atoms with van der Waals surface area (Å²) in [7, 11) is 0. The van der Waals surface area contributed by atoms with Gasteiger partial charge in [0.25, 0.3) is 0 Å². The van der Waals surface area contributed by atoms with Crippen LogP contribution < -0.4 is 10.6 Å². The van der Waals surface area contributed by atoms with E-state index in [1.54, 1.807) is 0 Å². The molecule has 1 aliphatic heterocycles. The van der Waals surface area contributed by atoms with Gasteiger partial charge in [-0.1, -0.05) is 38.1 Å². The first-order valence-electron chi connectivity index (χ1n) is 10.0. The Hall–Kier alpha value is -3.22. The number of nitrogens with one attached hydrogen (secondary N) is 2. The Morgan fingerprint density at radius 2 is 1.97 bits per heavy atom. The lowest BCUT2D eigenvalue weighted by molar-refractivity contribution is -0.123. The highest BCUT2D eigenvalue weighted by Crippen LogP contribution is 2.35. The second-order valence-corrected chi connectivity index (χ2v) is 7.80. The van der Waals surface area contributed by atoms with Gasteiger partial charge in [0.2, 0.25) is 11.8 Å². The Balaban J connectivity index is 1.38. The lowest BCUT2D eigenvalue weighted by Gasteiger charge is -2.21. The van der Waals surface area contributed by atoms with Crippen LogP contribution in [0.15, 0.2) is 48.7 Å². The summed E-state index contributed by atoms with van der Waals surface area (Å²) >= 11 is 0. The highest BCUT2D eigenvalue weighted by molar-refractivity contribution is 6.02. The molecule has 0 bridgehead atoms. The molecule has 0 fully saturated rings. The third-order valence-electron chi connectivity index (χ3n) is 5.41. The molecule has 2 atom stereocenters. The fourth-order valence-corrected chi connectivity index (χ4v) is 3.88. The number of rotatable bonds is 7. The zero-order valence-corrected chi connectivity index (χ0v) is 16.6. The first-order chi connectivity index (χ1) is 14.0. The van der Waals surface area contributed by atoms with Crippen molar-refractivity contribution in [2.75, 3.05) is 5.32 Å². The Bertz CT molecular complexity index is 1040. The van der Waals surface area contributed by atoms with E-state index in [1.165, 1.54) is 0 Å². The zero-order chi connectivity index (χ0) is 20.4. The Labute approximate surface area is 169 Å². The largest absolute Gasteiger partial charge is 0.346 e. The van der Waals surface area contributed by atoms with Gasteiger partial charge in [0.05, 0.1) is 12.0 Å². The standard InChI is InChI=1S/C22H25N5O2/c1-14(2)20(21-26-25-18-11-5-6-13-27(18)21)24-19(28)12-7-9-16-15-8-3-4-10-17(15)23-22(16)29/h3-6,8,10-11,13-14,16,20H,7,9,12H2,1-2H3,(H,23,29)(H,24,28)/t16-,20+/m0/s1. The van der Waals surface area contributed by atoms with Crippen molar-refractivity contribution >= 4 is 23.1 Å². The first kappa shape index (κ1) is 19.1. The molecule has 7 nitrogen and oxygen atoms in total. The van der Waals surface area contributed by atoms with Crippen LogP contribution in [0.2, 0.25) is 0 Å². The summed E-state index contributed by atoms with van der Waals surface area (Å²) in [5, 5.41) is 14.5. The number of carbonyl (C=O) groups is 2. The van der Waals surface area contributed by atoms with Crippen LogP contribution in [0.3, 0.4) is 0 Å². The van der Waals surface area contributed by atoms with E-state index in [-0.39, 0.29) is 29.7 Å². The number of anilines is 1. The van der Waals surface area contributed by atoms with Crippen LogP contribution >= 0.6 is 0 Å². The molecule has 0 spiro atoms. The number of fused-ring (bicyclic) bond motifs is 2. The number of amides is 2. The van der Waals surface area contributed by atoms with E-state index in [4.69, 9.17) is 0 Å². The highest BCUT2D eigenvalue weighted by atomic mass is 16.2. The molecular weight excluding hydrogens is 366 g/mol. The lowest BCUT2D eigenvalue weighted by atomic mass is 9.94. The van der Waals surface area contributed by atoms with Crippen molar-refractivity contribution in [3.8, 4) is 0 Å². The maximum absolute atomic E-state index is 12.6. The van der Waals surface area contributed by atoms with Crippen LogP contribution in [0, 0.1) is 5.92 Å².